The number of hydrogen-bond acceptors (Lipinski definition) is 4. The summed E-state index contributed by atoms with van der Waals surface area (Å²) < 4.78 is 0. The summed E-state index contributed by atoms with van der Waals surface area (Å²) in [6, 6.07) is 1.92. The van der Waals surface area contributed by atoms with E-state index in [1.165, 1.54) is 0 Å². The molecular weight excluding hydrogens is 208 g/mol. The molecule has 0 aliphatic heterocycles. The number of nitriles is 1. The van der Waals surface area contributed by atoms with Crippen LogP contribution < -0.4 is 16.4 Å². The molecule has 0 radical (unpaired) electrons. The normalized spacial score (nSPS) is 10.6. The van der Waals surface area contributed by atoms with Gasteiger partial charge in [0, 0.05) is 13.1 Å². The van der Waals surface area contributed by atoms with Crippen LogP contribution in [0.3, 0.4) is 0 Å². The highest BCUT2D eigenvalue weighted by molar-refractivity contribution is 5.80. The van der Waals surface area contributed by atoms with Crippen molar-refractivity contribution in [2.45, 2.75) is 20.3 Å². The molecule has 4 N–H and O–H groups in total. The van der Waals surface area contributed by atoms with E-state index >= 15 is 0 Å². The number of nitrogens with two attached hydrogens (primary N) is 1. The lowest BCUT2D eigenvalue weighted by Crippen LogP contribution is -2.43. The summed E-state index contributed by atoms with van der Waals surface area (Å²) in [5.41, 5.74) is 4.50. The Kier molecular flexibility index (Phi) is 6.11. The fourth-order valence-corrected chi connectivity index (χ4v) is 0.896. The Morgan fingerprint density at radius 1 is 1.44 bits per heavy atom. The Morgan fingerprint density at radius 3 is 2.56 bits per heavy atom. The molecule has 0 aliphatic rings. The van der Waals surface area contributed by atoms with Crippen LogP contribution in [0.4, 0.5) is 0 Å². The van der Waals surface area contributed by atoms with Gasteiger partial charge in [-0.3, -0.25) is 9.59 Å². The van der Waals surface area contributed by atoms with Crippen LogP contribution in [0.5, 0.6) is 0 Å². The van der Waals surface area contributed by atoms with Gasteiger partial charge in [0.2, 0.25) is 11.8 Å². The smallest absolute Gasteiger partial charge is 0.233 e. The average Bonchev–Trinajstić information content (AvgIpc) is 2.17. The fraction of sp³-hybridized carbons (Fsp3) is 0.700. The zero-order valence-corrected chi connectivity index (χ0v) is 9.67. The molecule has 0 heterocycles. The second kappa shape index (κ2) is 6.80. The first kappa shape index (κ1) is 14.4. The van der Waals surface area contributed by atoms with E-state index in [4.69, 9.17) is 11.0 Å². The summed E-state index contributed by atoms with van der Waals surface area (Å²) in [5, 5.41) is 13.7. The van der Waals surface area contributed by atoms with Gasteiger partial charge in [-0.1, -0.05) is 0 Å². The Labute approximate surface area is 95.2 Å². The van der Waals surface area contributed by atoms with Gasteiger partial charge in [-0.15, -0.1) is 0 Å². The number of rotatable bonds is 7. The maximum atomic E-state index is 11.2. The Hall–Kier alpha value is -1.61. The van der Waals surface area contributed by atoms with Crippen molar-refractivity contribution in [3.05, 3.63) is 0 Å². The van der Waals surface area contributed by atoms with Crippen molar-refractivity contribution in [3.63, 3.8) is 0 Å². The van der Waals surface area contributed by atoms with Crippen molar-refractivity contribution < 1.29 is 9.59 Å². The van der Waals surface area contributed by atoms with E-state index < -0.39 is 11.3 Å². The second-order valence-electron chi connectivity index (χ2n) is 4.11. The predicted molar refractivity (Wildman–Crippen MR) is 59.1 cm³/mol. The van der Waals surface area contributed by atoms with Crippen LogP contribution in [0.1, 0.15) is 20.3 Å². The zero-order chi connectivity index (χ0) is 12.6. The van der Waals surface area contributed by atoms with Crippen molar-refractivity contribution in [2.24, 2.45) is 11.1 Å². The first-order valence-electron chi connectivity index (χ1n) is 5.04. The molecule has 0 spiro atoms. The molecule has 0 unspecified atom stereocenters. The summed E-state index contributed by atoms with van der Waals surface area (Å²) in [4.78, 5) is 22.1. The average molecular weight is 226 g/mol. The SMILES string of the molecule is CC(C)(CNCC(=O)NCCC#N)C(N)=O. The van der Waals surface area contributed by atoms with Crippen molar-refractivity contribution in [1.82, 2.24) is 10.6 Å². The number of primary amides is 1. The number of amides is 2. The molecule has 16 heavy (non-hydrogen) atoms. The van der Waals surface area contributed by atoms with E-state index in [1.54, 1.807) is 13.8 Å². The minimum Gasteiger partial charge on any atom is -0.369 e. The van der Waals surface area contributed by atoms with E-state index in [2.05, 4.69) is 10.6 Å². The number of carbonyl (C=O) groups is 2. The summed E-state index contributed by atoms with van der Waals surface area (Å²) in [6.07, 6.45) is 0.290. The van der Waals surface area contributed by atoms with Crippen molar-refractivity contribution in [1.29, 1.82) is 5.26 Å². The van der Waals surface area contributed by atoms with Crippen LogP contribution in [0.2, 0.25) is 0 Å². The van der Waals surface area contributed by atoms with Crippen molar-refractivity contribution in [2.75, 3.05) is 19.6 Å². The molecule has 0 rings (SSSR count). The summed E-state index contributed by atoms with van der Waals surface area (Å²) in [7, 11) is 0. The Bertz CT molecular complexity index is 294. The van der Waals surface area contributed by atoms with Gasteiger partial charge in [-0.05, 0) is 13.8 Å². The largest absolute Gasteiger partial charge is 0.369 e. The topological polar surface area (TPSA) is 108 Å². The lowest BCUT2D eigenvalue weighted by Gasteiger charge is -2.20. The predicted octanol–water partition coefficient (Wildman–Crippen LogP) is -0.883. The maximum Gasteiger partial charge on any atom is 0.233 e. The van der Waals surface area contributed by atoms with Gasteiger partial charge in [0.25, 0.3) is 0 Å². The molecular formula is C10H18N4O2. The molecule has 0 aromatic rings. The summed E-state index contributed by atoms with van der Waals surface area (Å²) in [5.74, 6) is -0.611. The van der Waals surface area contributed by atoms with Gasteiger partial charge in [0.15, 0.2) is 0 Å². The number of carbonyl (C=O) groups excluding carboxylic acids is 2. The molecule has 0 aromatic heterocycles. The molecule has 0 atom stereocenters. The fourth-order valence-electron chi connectivity index (χ4n) is 0.896. The monoisotopic (exact) mass is 226 g/mol. The van der Waals surface area contributed by atoms with Crippen LogP contribution in [0.25, 0.3) is 0 Å². The van der Waals surface area contributed by atoms with Gasteiger partial charge in [-0.25, -0.2) is 0 Å². The second-order valence-corrected chi connectivity index (χ2v) is 4.11. The molecule has 6 heteroatoms. The molecule has 0 fully saturated rings. The van der Waals surface area contributed by atoms with E-state index in [1.807, 2.05) is 6.07 Å². The maximum absolute atomic E-state index is 11.2. The summed E-state index contributed by atoms with van der Waals surface area (Å²) in [6.45, 7) is 4.21. The van der Waals surface area contributed by atoms with E-state index in [9.17, 15) is 9.59 Å². The van der Waals surface area contributed by atoms with Crippen LogP contribution >= 0.6 is 0 Å². The molecule has 0 aromatic carbocycles. The van der Waals surface area contributed by atoms with Crippen LogP contribution in [-0.4, -0.2) is 31.4 Å². The van der Waals surface area contributed by atoms with E-state index in [0.717, 1.165) is 0 Å². The third kappa shape index (κ3) is 5.98. The highest BCUT2D eigenvalue weighted by atomic mass is 16.2. The van der Waals surface area contributed by atoms with Crippen LogP contribution in [-0.2, 0) is 9.59 Å². The van der Waals surface area contributed by atoms with Crippen LogP contribution in [0.15, 0.2) is 0 Å². The zero-order valence-electron chi connectivity index (χ0n) is 9.67. The first-order chi connectivity index (χ1) is 7.40. The van der Waals surface area contributed by atoms with E-state index in [0.29, 0.717) is 19.5 Å². The molecule has 0 aliphatic carbocycles. The number of nitrogens with one attached hydrogen (secondary N) is 2. The van der Waals surface area contributed by atoms with Gasteiger partial charge in [0.05, 0.1) is 24.4 Å². The molecule has 6 nitrogen and oxygen atoms in total. The van der Waals surface area contributed by atoms with E-state index in [-0.39, 0.29) is 12.5 Å². The third-order valence-corrected chi connectivity index (χ3v) is 2.08. The van der Waals surface area contributed by atoms with Gasteiger partial charge >= 0.3 is 0 Å². The Morgan fingerprint density at radius 2 is 2.06 bits per heavy atom. The lowest BCUT2D eigenvalue weighted by molar-refractivity contribution is -0.126. The molecule has 0 saturated carbocycles. The Balaban J connectivity index is 3.70. The minimum atomic E-state index is -0.674. The van der Waals surface area contributed by atoms with Gasteiger partial charge < -0.3 is 16.4 Å². The minimum absolute atomic E-state index is 0.113. The highest BCUT2D eigenvalue weighted by Gasteiger charge is 2.24. The first-order valence-corrected chi connectivity index (χ1v) is 5.04. The van der Waals surface area contributed by atoms with Crippen molar-refractivity contribution in [3.8, 4) is 6.07 Å². The molecule has 2 amide bonds. The summed E-state index contributed by atoms with van der Waals surface area (Å²) >= 11 is 0. The molecule has 0 saturated heterocycles. The third-order valence-electron chi connectivity index (χ3n) is 2.08. The van der Waals surface area contributed by atoms with Gasteiger partial charge in [0.1, 0.15) is 0 Å². The number of nitrogens with zero attached hydrogens (tertiary/aromatic N) is 1. The molecule has 90 valence electrons. The van der Waals surface area contributed by atoms with Crippen LogP contribution in [0, 0.1) is 16.7 Å². The lowest BCUT2D eigenvalue weighted by atomic mass is 9.93. The van der Waals surface area contributed by atoms with Crippen molar-refractivity contribution >= 4 is 11.8 Å². The number of hydrogen-bond donors (Lipinski definition) is 3. The molecule has 0 bridgehead atoms. The quantitative estimate of drug-likeness (QED) is 0.490. The highest BCUT2D eigenvalue weighted by Crippen LogP contribution is 2.11. The standard InChI is InChI=1S/C10H18N4O2/c1-10(2,9(12)16)7-13-6-8(15)14-5-3-4-11/h13H,3,5-7H2,1-2H3,(H2,12,16)(H,14,15). The van der Waals surface area contributed by atoms with Gasteiger partial charge in [-0.2, -0.15) is 5.26 Å².